The van der Waals surface area contributed by atoms with Crippen LogP contribution in [0, 0.1) is 3.57 Å². The van der Waals surface area contributed by atoms with Gasteiger partial charge in [-0.15, -0.1) is 24.8 Å². The van der Waals surface area contributed by atoms with Gasteiger partial charge in [-0.05, 0) is 66.8 Å². The maximum Gasteiger partial charge on any atom is 0.153 e. The normalized spacial score (nSPS) is 10.5. The third-order valence-corrected chi connectivity index (χ3v) is 4.15. The molecule has 2 aromatic rings. The molecule has 0 unspecified atom stereocenters. The Balaban J connectivity index is 0.00000200. The molecule has 1 aromatic carbocycles. The number of nitrogens with two attached hydrogens (primary N) is 1. The minimum atomic E-state index is 0. The molecule has 0 aliphatic heterocycles. The molecule has 2 N–H and O–H groups in total. The van der Waals surface area contributed by atoms with E-state index < -0.39 is 0 Å². The zero-order valence-corrected chi connectivity index (χ0v) is 16.2. The summed E-state index contributed by atoms with van der Waals surface area (Å²) in [6.07, 6.45) is 1.10. The predicted octanol–water partition coefficient (Wildman–Crippen LogP) is 3.80. The first-order chi connectivity index (χ1) is 9.15. The molecular weight excluding hydrogens is 422 g/mol. The number of aryl methyl sites for hydroxylation is 1. The van der Waals surface area contributed by atoms with E-state index in [1.165, 1.54) is 3.57 Å². The van der Waals surface area contributed by atoms with E-state index in [-0.39, 0.29) is 24.8 Å². The molecule has 7 heteroatoms. The highest BCUT2D eigenvalue weighted by atomic mass is 127. The van der Waals surface area contributed by atoms with Crippen LogP contribution in [0.5, 0.6) is 0 Å². The average molecular weight is 445 g/mol. The van der Waals surface area contributed by atoms with Gasteiger partial charge in [0.15, 0.2) is 5.82 Å². The highest BCUT2D eigenvalue weighted by Gasteiger charge is 2.08. The molecule has 0 amide bonds. The molecule has 0 spiro atoms. The van der Waals surface area contributed by atoms with Crippen molar-refractivity contribution in [1.29, 1.82) is 0 Å². The van der Waals surface area contributed by atoms with E-state index in [1.807, 2.05) is 4.68 Å². The van der Waals surface area contributed by atoms with E-state index in [9.17, 15) is 0 Å². The number of hydrogen-bond donors (Lipinski definition) is 1. The van der Waals surface area contributed by atoms with Gasteiger partial charge in [-0.3, -0.25) is 4.68 Å². The Morgan fingerprint density at radius 2 is 1.90 bits per heavy atom. The van der Waals surface area contributed by atoms with Gasteiger partial charge in [-0.2, -0.15) is 5.10 Å². The Kier molecular flexibility index (Phi) is 9.60. The van der Waals surface area contributed by atoms with Crippen molar-refractivity contribution in [2.24, 2.45) is 0 Å². The average Bonchev–Trinajstić information content (AvgIpc) is 2.71. The molecule has 120 valence electrons. The summed E-state index contributed by atoms with van der Waals surface area (Å²) in [4.78, 5) is 2.43. The standard InChI is InChI=1S/C14H21IN4.2ClH/c1-3-18(4-2)8-5-9-19-13-7-6-11(15)10-12(13)14(16)17-19;;/h6-7,10H,3-5,8-9H2,1-2H3,(H2,16,17);2*1H. The van der Waals surface area contributed by atoms with Crippen molar-refractivity contribution in [3.8, 4) is 0 Å². The third kappa shape index (κ3) is 5.16. The lowest BCUT2D eigenvalue weighted by Crippen LogP contribution is -2.25. The molecule has 4 nitrogen and oxygen atoms in total. The summed E-state index contributed by atoms with van der Waals surface area (Å²) in [6.45, 7) is 8.65. The number of aromatic nitrogens is 2. The second-order valence-electron chi connectivity index (χ2n) is 4.65. The number of hydrogen-bond acceptors (Lipinski definition) is 3. The van der Waals surface area contributed by atoms with Crippen LogP contribution in [0.15, 0.2) is 18.2 Å². The maximum absolute atomic E-state index is 5.98. The molecule has 0 radical (unpaired) electrons. The Morgan fingerprint density at radius 3 is 2.52 bits per heavy atom. The number of benzene rings is 1. The van der Waals surface area contributed by atoms with E-state index in [0.717, 1.165) is 43.5 Å². The van der Waals surface area contributed by atoms with Crippen LogP contribution in [0.1, 0.15) is 20.3 Å². The Labute approximate surface area is 152 Å². The van der Waals surface area contributed by atoms with Crippen LogP contribution in [0.3, 0.4) is 0 Å². The predicted molar refractivity (Wildman–Crippen MR) is 104 cm³/mol. The third-order valence-electron chi connectivity index (χ3n) is 3.48. The molecule has 0 atom stereocenters. The van der Waals surface area contributed by atoms with E-state index in [2.05, 4.69) is 64.6 Å². The zero-order valence-electron chi connectivity index (χ0n) is 12.4. The van der Waals surface area contributed by atoms with Gasteiger partial charge >= 0.3 is 0 Å². The van der Waals surface area contributed by atoms with E-state index >= 15 is 0 Å². The minimum Gasteiger partial charge on any atom is -0.382 e. The van der Waals surface area contributed by atoms with Gasteiger partial charge in [0.05, 0.1) is 5.52 Å². The van der Waals surface area contributed by atoms with Crippen LogP contribution in [0.2, 0.25) is 0 Å². The SMILES string of the molecule is CCN(CC)CCCn1nc(N)c2cc(I)ccc21.Cl.Cl. The summed E-state index contributed by atoms with van der Waals surface area (Å²) in [7, 11) is 0. The first-order valence-electron chi connectivity index (χ1n) is 6.79. The first-order valence-corrected chi connectivity index (χ1v) is 7.87. The van der Waals surface area contributed by atoms with Crippen LogP contribution < -0.4 is 5.73 Å². The smallest absolute Gasteiger partial charge is 0.153 e. The van der Waals surface area contributed by atoms with Crippen molar-refractivity contribution >= 4 is 64.1 Å². The van der Waals surface area contributed by atoms with Crippen molar-refractivity contribution < 1.29 is 0 Å². The fraction of sp³-hybridized carbons (Fsp3) is 0.500. The van der Waals surface area contributed by atoms with Gasteiger partial charge in [0.25, 0.3) is 0 Å². The van der Waals surface area contributed by atoms with Gasteiger partial charge in [-0.25, -0.2) is 0 Å². The summed E-state index contributed by atoms with van der Waals surface area (Å²) in [5.41, 5.74) is 7.12. The second-order valence-corrected chi connectivity index (χ2v) is 5.90. The quantitative estimate of drug-likeness (QED) is 0.689. The second kappa shape index (κ2) is 9.71. The first kappa shape index (κ1) is 20.8. The largest absolute Gasteiger partial charge is 0.382 e. The van der Waals surface area contributed by atoms with E-state index in [4.69, 9.17) is 5.73 Å². The summed E-state index contributed by atoms with van der Waals surface area (Å²) in [5, 5.41) is 5.52. The summed E-state index contributed by atoms with van der Waals surface area (Å²) < 4.78 is 3.23. The van der Waals surface area contributed by atoms with Gasteiger partial charge < -0.3 is 10.6 Å². The number of nitrogen functional groups attached to an aromatic ring is 1. The fourth-order valence-electron chi connectivity index (χ4n) is 2.33. The molecule has 0 fully saturated rings. The number of anilines is 1. The summed E-state index contributed by atoms with van der Waals surface area (Å²) in [6, 6.07) is 6.31. The number of fused-ring (bicyclic) bond motifs is 1. The summed E-state index contributed by atoms with van der Waals surface area (Å²) in [5.74, 6) is 0.636. The number of halogens is 3. The van der Waals surface area contributed by atoms with Crippen LogP contribution in [0.25, 0.3) is 10.9 Å². The van der Waals surface area contributed by atoms with Crippen molar-refractivity contribution in [1.82, 2.24) is 14.7 Å². The topological polar surface area (TPSA) is 47.1 Å². The van der Waals surface area contributed by atoms with Crippen molar-refractivity contribution in [3.05, 3.63) is 21.8 Å². The molecule has 1 heterocycles. The summed E-state index contributed by atoms with van der Waals surface area (Å²) >= 11 is 2.30. The zero-order chi connectivity index (χ0) is 13.8. The van der Waals surface area contributed by atoms with Crippen LogP contribution in [0.4, 0.5) is 5.82 Å². The minimum absolute atomic E-state index is 0. The molecule has 21 heavy (non-hydrogen) atoms. The molecule has 0 saturated carbocycles. The molecule has 1 aromatic heterocycles. The highest BCUT2D eigenvalue weighted by Crippen LogP contribution is 2.23. The molecular formula is C14H23Cl2IN4. The Morgan fingerprint density at radius 1 is 1.24 bits per heavy atom. The molecule has 0 aliphatic carbocycles. The van der Waals surface area contributed by atoms with Crippen LogP contribution >= 0.6 is 47.4 Å². The fourth-order valence-corrected chi connectivity index (χ4v) is 2.82. The van der Waals surface area contributed by atoms with Gasteiger partial charge in [0.2, 0.25) is 0 Å². The highest BCUT2D eigenvalue weighted by molar-refractivity contribution is 14.1. The van der Waals surface area contributed by atoms with E-state index in [0.29, 0.717) is 5.82 Å². The van der Waals surface area contributed by atoms with Gasteiger partial charge in [-0.1, -0.05) is 13.8 Å². The number of rotatable bonds is 6. The maximum atomic E-state index is 5.98. The lowest BCUT2D eigenvalue weighted by Gasteiger charge is -2.17. The van der Waals surface area contributed by atoms with Crippen LogP contribution in [-0.4, -0.2) is 34.3 Å². The Bertz CT molecular complexity index is 555. The van der Waals surface area contributed by atoms with E-state index in [1.54, 1.807) is 0 Å². The lowest BCUT2D eigenvalue weighted by molar-refractivity contribution is 0.292. The van der Waals surface area contributed by atoms with Crippen molar-refractivity contribution in [3.63, 3.8) is 0 Å². The van der Waals surface area contributed by atoms with Crippen LogP contribution in [-0.2, 0) is 6.54 Å². The molecule has 0 bridgehead atoms. The molecule has 0 aliphatic rings. The monoisotopic (exact) mass is 444 g/mol. The van der Waals surface area contributed by atoms with Gasteiger partial charge in [0, 0.05) is 15.5 Å². The number of nitrogens with zero attached hydrogens (tertiary/aromatic N) is 3. The lowest BCUT2D eigenvalue weighted by atomic mass is 10.2. The van der Waals surface area contributed by atoms with Crippen molar-refractivity contribution in [2.75, 3.05) is 25.4 Å². The molecule has 2 rings (SSSR count). The van der Waals surface area contributed by atoms with Crippen molar-refractivity contribution in [2.45, 2.75) is 26.8 Å². The molecule has 0 saturated heterocycles. The van der Waals surface area contributed by atoms with Gasteiger partial charge in [0.1, 0.15) is 0 Å². The Hall–Kier alpha value is -0.240.